The van der Waals surface area contributed by atoms with Crippen molar-refractivity contribution in [2.45, 2.75) is 6.92 Å². The Bertz CT molecular complexity index is 811. The molecule has 0 aromatic heterocycles. The summed E-state index contributed by atoms with van der Waals surface area (Å²) in [5, 5.41) is 12.6. The molecule has 2 aromatic carbocycles. The topological polar surface area (TPSA) is 92.9 Å². The number of nitrogens with one attached hydrogen (secondary N) is 1. The summed E-state index contributed by atoms with van der Waals surface area (Å²) in [4.78, 5) is 11.8. The van der Waals surface area contributed by atoms with E-state index in [0.29, 0.717) is 29.4 Å². The van der Waals surface area contributed by atoms with Gasteiger partial charge in [-0.3, -0.25) is 4.79 Å². The number of benzene rings is 2. The fourth-order valence-corrected chi connectivity index (χ4v) is 2.03. The van der Waals surface area contributed by atoms with Gasteiger partial charge in [-0.05, 0) is 55.0 Å². The predicted molar refractivity (Wildman–Crippen MR) is 96.6 cm³/mol. The van der Waals surface area contributed by atoms with Crippen LogP contribution in [-0.4, -0.2) is 32.4 Å². The molecule has 134 valence electrons. The normalized spacial score (nSPS) is 10.2. The van der Waals surface area contributed by atoms with Crippen molar-refractivity contribution in [3.63, 3.8) is 0 Å². The Morgan fingerprint density at radius 2 is 1.96 bits per heavy atom. The smallest absolute Gasteiger partial charge is 0.277 e. The molecule has 0 saturated carbocycles. The number of rotatable bonds is 8. The van der Waals surface area contributed by atoms with Gasteiger partial charge in [-0.25, -0.2) is 5.43 Å². The van der Waals surface area contributed by atoms with Gasteiger partial charge in [0.15, 0.2) is 18.1 Å². The van der Waals surface area contributed by atoms with Crippen LogP contribution < -0.4 is 19.6 Å². The zero-order valence-electron chi connectivity index (χ0n) is 14.6. The molecule has 7 nitrogen and oxygen atoms in total. The third-order valence-corrected chi connectivity index (χ3v) is 3.24. The molecule has 0 saturated heterocycles. The second-order valence-electron chi connectivity index (χ2n) is 5.06. The first-order valence-electron chi connectivity index (χ1n) is 7.92. The molecule has 0 aliphatic heterocycles. The lowest BCUT2D eigenvalue weighted by Crippen LogP contribution is -2.24. The lowest BCUT2D eigenvalue weighted by atomic mass is 10.2. The highest BCUT2D eigenvalue weighted by atomic mass is 16.5. The van der Waals surface area contributed by atoms with E-state index >= 15 is 0 Å². The summed E-state index contributed by atoms with van der Waals surface area (Å²) < 4.78 is 16.0. The summed E-state index contributed by atoms with van der Waals surface area (Å²) in [6.45, 7) is 2.21. The number of nitriles is 1. The number of carbonyl (C=O) groups excluding carboxylic acids is 1. The minimum atomic E-state index is -0.399. The Balaban J connectivity index is 1.86. The molecular formula is C19H19N3O4. The molecule has 1 N–H and O–H groups in total. The van der Waals surface area contributed by atoms with Crippen LogP contribution in [0.2, 0.25) is 0 Å². The molecular weight excluding hydrogens is 334 g/mol. The molecule has 0 unspecified atom stereocenters. The molecule has 0 bridgehead atoms. The van der Waals surface area contributed by atoms with E-state index in [1.54, 1.807) is 49.6 Å². The zero-order chi connectivity index (χ0) is 18.8. The van der Waals surface area contributed by atoms with E-state index in [2.05, 4.69) is 10.5 Å². The first-order valence-corrected chi connectivity index (χ1v) is 7.92. The Morgan fingerprint density at radius 1 is 1.19 bits per heavy atom. The largest absolute Gasteiger partial charge is 0.493 e. The molecule has 7 heteroatoms. The molecule has 2 rings (SSSR count). The van der Waals surface area contributed by atoms with Crippen LogP contribution in [0.25, 0.3) is 0 Å². The lowest BCUT2D eigenvalue weighted by Gasteiger charge is -2.09. The van der Waals surface area contributed by atoms with Crippen molar-refractivity contribution in [2.75, 3.05) is 20.3 Å². The molecule has 0 radical (unpaired) electrons. The third kappa shape index (κ3) is 5.53. The van der Waals surface area contributed by atoms with Gasteiger partial charge in [0, 0.05) is 0 Å². The van der Waals surface area contributed by atoms with E-state index in [4.69, 9.17) is 19.5 Å². The van der Waals surface area contributed by atoms with E-state index in [1.807, 2.05) is 13.0 Å². The first kappa shape index (κ1) is 18.8. The molecule has 0 atom stereocenters. The summed E-state index contributed by atoms with van der Waals surface area (Å²) in [5.74, 6) is 1.34. The maximum atomic E-state index is 11.8. The highest BCUT2D eigenvalue weighted by molar-refractivity contribution is 5.83. The van der Waals surface area contributed by atoms with Gasteiger partial charge < -0.3 is 14.2 Å². The summed E-state index contributed by atoms with van der Waals surface area (Å²) in [6.07, 6.45) is 1.50. The first-order chi connectivity index (χ1) is 12.7. The maximum absolute atomic E-state index is 11.8. The maximum Gasteiger partial charge on any atom is 0.277 e. The SMILES string of the molecule is CCOc1cc(/C=N/NC(=O)COc2ccc(C#N)cc2)ccc1OC. The number of hydrogen-bond acceptors (Lipinski definition) is 6. The van der Waals surface area contributed by atoms with Gasteiger partial charge in [-0.15, -0.1) is 0 Å². The van der Waals surface area contributed by atoms with E-state index < -0.39 is 5.91 Å². The van der Waals surface area contributed by atoms with Crippen molar-refractivity contribution in [3.8, 4) is 23.3 Å². The number of hydrogen-bond donors (Lipinski definition) is 1. The van der Waals surface area contributed by atoms with Crippen LogP contribution in [0.1, 0.15) is 18.1 Å². The van der Waals surface area contributed by atoms with E-state index in [-0.39, 0.29) is 6.61 Å². The van der Waals surface area contributed by atoms with Crippen LogP contribution in [0.3, 0.4) is 0 Å². The highest BCUT2D eigenvalue weighted by Gasteiger charge is 2.05. The van der Waals surface area contributed by atoms with Crippen molar-refractivity contribution in [3.05, 3.63) is 53.6 Å². The van der Waals surface area contributed by atoms with Gasteiger partial charge in [0.1, 0.15) is 5.75 Å². The quantitative estimate of drug-likeness (QED) is 0.581. The number of carbonyl (C=O) groups is 1. The average molecular weight is 353 g/mol. The van der Waals surface area contributed by atoms with Crippen LogP contribution in [0.4, 0.5) is 0 Å². The Labute approximate surface area is 151 Å². The molecule has 0 aliphatic rings. The number of methoxy groups -OCH3 is 1. The Kier molecular flexibility index (Phi) is 7.01. The zero-order valence-corrected chi connectivity index (χ0v) is 14.6. The standard InChI is InChI=1S/C19H19N3O4/c1-3-25-18-10-15(6-9-17(18)24-2)12-21-22-19(23)13-26-16-7-4-14(11-20)5-8-16/h4-10,12H,3,13H2,1-2H3,(H,22,23)/b21-12+. The highest BCUT2D eigenvalue weighted by Crippen LogP contribution is 2.27. The summed E-state index contributed by atoms with van der Waals surface area (Å²) in [7, 11) is 1.57. The summed E-state index contributed by atoms with van der Waals surface area (Å²) in [5.41, 5.74) is 3.66. The van der Waals surface area contributed by atoms with Crippen LogP contribution in [0.5, 0.6) is 17.2 Å². The van der Waals surface area contributed by atoms with Crippen molar-refractivity contribution in [1.29, 1.82) is 5.26 Å². The minimum absolute atomic E-state index is 0.184. The predicted octanol–water partition coefficient (Wildman–Crippen LogP) is 2.49. The molecule has 1 amide bonds. The monoisotopic (exact) mass is 353 g/mol. The van der Waals surface area contributed by atoms with E-state index in [0.717, 1.165) is 5.56 Å². The molecule has 0 spiro atoms. The van der Waals surface area contributed by atoms with Crippen molar-refractivity contribution in [2.24, 2.45) is 5.10 Å². The Hall–Kier alpha value is -3.53. The molecule has 2 aromatic rings. The van der Waals surface area contributed by atoms with Gasteiger partial charge >= 0.3 is 0 Å². The molecule has 0 fully saturated rings. The Morgan fingerprint density at radius 3 is 2.62 bits per heavy atom. The number of nitrogens with zero attached hydrogens (tertiary/aromatic N) is 2. The van der Waals surface area contributed by atoms with E-state index in [9.17, 15) is 4.79 Å². The third-order valence-electron chi connectivity index (χ3n) is 3.24. The number of hydrazone groups is 1. The van der Waals surface area contributed by atoms with Gasteiger partial charge in [0.2, 0.25) is 0 Å². The number of ether oxygens (including phenoxy) is 3. The average Bonchev–Trinajstić information content (AvgIpc) is 2.67. The van der Waals surface area contributed by atoms with Gasteiger partial charge in [0.25, 0.3) is 5.91 Å². The summed E-state index contributed by atoms with van der Waals surface area (Å²) in [6, 6.07) is 13.8. The van der Waals surface area contributed by atoms with Gasteiger partial charge in [0.05, 0.1) is 31.6 Å². The van der Waals surface area contributed by atoms with Crippen molar-refractivity contribution < 1.29 is 19.0 Å². The molecule has 0 aliphatic carbocycles. The van der Waals surface area contributed by atoms with Crippen molar-refractivity contribution in [1.82, 2.24) is 5.43 Å². The fraction of sp³-hybridized carbons (Fsp3) is 0.211. The van der Waals surface area contributed by atoms with Crippen molar-refractivity contribution >= 4 is 12.1 Å². The fourth-order valence-electron chi connectivity index (χ4n) is 2.03. The van der Waals surface area contributed by atoms with Gasteiger partial charge in [-0.2, -0.15) is 10.4 Å². The second kappa shape index (κ2) is 9.69. The van der Waals surface area contributed by atoms with Crippen LogP contribution in [-0.2, 0) is 4.79 Å². The van der Waals surface area contributed by atoms with Crippen LogP contribution in [0.15, 0.2) is 47.6 Å². The summed E-state index contributed by atoms with van der Waals surface area (Å²) >= 11 is 0. The molecule has 0 heterocycles. The number of amides is 1. The lowest BCUT2D eigenvalue weighted by molar-refractivity contribution is -0.123. The van der Waals surface area contributed by atoms with Gasteiger partial charge in [-0.1, -0.05) is 0 Å². The van der Waals surface area contributed by atoms with Crippen LogP contribution >= 0.6 is 0 Å². The molecule has 26 heavy (non-hydrogen) atoms. The van der Waals surface area contributed by atoms with E-state index in [1.165, 1.54) is 6.21 Å². The second-order valence-corrected chi connectivity index (χ2v) is 5.06. The van der Waals surface area contributed by atoms with Crippen LogP contribution in [0, 0.1) is 11.3 Å². The minimum Gasteiger partial charge on any atom is -0.493 e.